The van der Waals surface area contributed by atoms with Gasteiger partial charge in [0.15, 0.2) is 5.82 Å². The Kier molecular flexibility index (Phi) is 8.47. The van der Waals surface area contributed by atoms with Gasteiger partial charge in [0.1, 0.15) is 0 Å². The molecule has 18 heavy (non-hydrogen) atoms. The maximum absolute atomic E-state index is 5.42. The van der Waals surface area contributed by atoms with E-state index in [0.29, 0.717) is 12.4 Å². The summed E-state index contributed by atoms with van der Waals surface area (Å²) < 4.78 is 4.97. The van der Waals surface area contributed by atoms with E-state index in [2.05, 4.69) is 26.9 Å². The van der Waals surface area contributed by atoms with Gasteiger partial charge in [-0.2, -0.15) is 4.98 Å². The standard InChI is InChI=1S/C10H19N5O.2ClH/c1-2-14-3-5-15(6-4-14)8-9-12-10(7-11)16-13-9;;/h2-8,11H2,1H3;2*1H. The molecule has 0 saturated carbocycles. The second kappa shape index (κ2) is 8.66. The van der Waals surface area contributed by atoms with Crippen molar-refractivity contribution in [2.24, 2.45) is 5.73 Å². The Balaban J connectivity index is 0.00000144. The summed E-state index contributed by atoms with van der Waals surface area (Å²) in [5.74, 6) is 1.26. The lowest BCUT2D eigenvalue weighted by Gasteiger charge is -2.33. The second-order valence-electron chi connectivity index (χ2n) is 4.02. The predicted molar refractivity (Wildman–Crippen MR) is 74.1 cm³/mol. The van der Waals surface area contributed by atoms with E-state index in [9.17, 15) is 0 Å². The average Bonchev–Trinajstić information content (AvgIpc) is 2.78. The Morgan fingerprint density at radius 1 is 1.17 bits per heavy atom. The maximum Gasteiger partial charge on any atom is 0.240 e. The van der Waals surface area contributed by atoms with Gasteiger partial charge in [-0.3, -0.25) is 4.90 Å². The van der Waals surface area contributed by atoms with Gasteiger partial charge in [0.2, 0.25) is 5.89 Å². The minimum absolute atomic E-state index is 0. The van der Waals surface area contributed by atoms with Crippen LogP contribution in [0.4, 0.5) is 0 Å². The number of rotatable bonds is 4. The third kappa shape index (κ3) is 4.70. The fourth-order valence-corrected chi connectivity index (χ4v) is 1.90. The van der Waals surface area contributed by atoms with Crippen LogP contribution in [0, 0.1) is 0 Å². The number of nitrogens with two attached hydrogens (primary N) is 1. The Morgan fingerprint density at radius 3 is 2.28 bits per heavy atom. The summed E-state index contributed by atoms with van der Waals surface area (Å²) in [5.41, 5.74) is 5.42. The molecule has 0 bridgehead atoms. The van der Waals surface area contributed by atoms with Crippen LogP contribution in [0.5, 0.6) is 0 Å². The third-order valence-electron chi connectivity index (χ3n) is 2.96. The number of likely N-dealkylation sites (N-methyl/N-ethyl adjacent to an activating group) is 1. The van der Waals surface area contributed by atoms with Crippen LogP contribution >= 0.6 is 24.8 Å². The molecule has 8 heteroatoms. The van der Waals surface area contributed by atoms with Gasteiger partial charge in [0, 0.05) is 26.2 Å². The number of hydrogen-bond donors (Lipinski definition) is 1. The van der Waals surface area contributed by atoms with Crippen LogP contribution in [0.25, 0.3) is 0 Å². The largest absolute Gasteiger partial charge is 0.338 e. The number of piperazine rings is 1. The van der Waals surface area contributed by atoms with Crippen molar-refractivity contribution >= 4 is 24.8 Å². The van der Waals surface area contributed by atoms with Gasteiger partial charge >= 0.3 is 0 Å². The molecule has 0 atom stereocenters. The molecular formula is C10H21Cl2N5O. The number of aromatic nitrogens is 2. The number of halogens is 2. The van der Waals surface area contributed by atoms with E-state index in [-0.39, 0.29) is 24.8 Å². The highest BCUT2D eigenvalue weighted by molar-refractivity contribution is 5.85. The molecule has 2 rings (SSSR count). The minimum Gasteiger partial charge on any atom is -0.338 e. The summed E-state index contributed by atoms with van der Waals surface area (Å²) >= 11 is 0. The molecule has 1 aromatic heterocycles. The van der Waals surface area contributed by atoms with Crippen LogP contribution in [-0.4, -0.2) is 52.7 Å². The molecule has 1 aliphatic heterocycles. The van der Waals surface area contributed by atoms with Gasteiger partial charge in [0.25, 0.3) is 0 Å². The fourth-order valence-electron chi connectivity index (χ4n) is 1.90. The molecule has 0 radical (unpaired) electrons. The number of nitrogens with zero attached hydrogens (tertiary/aromatic N) is 4. The van der Waals surface area contributed by atoms with Gasteiger partial charge in [-0.25, -0.2) is 0 Å². The molecule has 0 aliphatic carbocycles. The van der Waals surface area contributed by atoms with Gasteiger partial charge in [-0.15, -0.1) is 24.8 Å². The predicted octanol–water partition coefficient (Wildman–Crippen LogP) is 0.509. The van der Waals surface area contributed by atoms with Crippen LogP contribution in [0.15, 0.2) is 4.52 Å². The van der Waals surface area contributed by atoms with E-state index < -0.39 is 0 Å². The molecule has 1 fully saturated rings. The molecule has 106 valence electrons. The zero-order chi connectivity index (χ0) is 11.4. The summed E-state index contributed by atoms with van der Waals surface area (Å²) in [6, 6.07) is 0. The molecule has 0 aromatic carbocycles. The molecule has 0 spiro atoms. The van der Waals surface area contributed by atoms with E-state index in [1.54, 1.807) is 0 Å². The average molecular weight is 298 g/mol. The summed E-state index contributed by atoms with van der Waals surface area (Å²) in [5, 5.41) is 3.90. The highest BCUT2D eigenvalue weighted by atomic mass is 35.5. The van der Waals surface area contributed by atoms with Crippen molar-refractivity contribution in [1.29, 1.82) is 0 Å². The third-order valence-corrected chi connectivity index (χ3v) is 2.96. The first-order valence-electron chi connectivity index (χ1n) is 5.78. The van der Waals surface area contributed by atoms with Gasteiger partial charge in [-0.05, 0) is 6.54 Å². The number of hydrogen-bond acceptors (Lipinski definition) is 6. The topological polar surface area (TPSA) is 71.4 Å². The van der Waals surface area contributed by atoms with E-state index in [1.165, 1.54) is 0 Å². The quantitative estimate of drug-likeness (QED) is 0.873. The molecule has 6 nitrogen and oxygen atoms in total. The first kappa shape index (κ1) is 17.6. The molecule has 0 unspecified atom stereocenters. The van der Waals surface area contributed by atoms with Crippen molar-refractivity contribution in [2.75, 3.05) is 32.7 Å². The molecule has 1 saturated heterocycles. The van der Waals surface area contributed by atoms with Crippen LogP contribution < -0.4 is 5.73 Å². The molecule has 2 heterocycles. The lowest BCUT2D eigenvalue weighted by Crippen LogP contribution is -2.45. The normalized spacial score (nSPS) is 17.0. The first-order chi connectivity index (χ1) is 7.81. The first-order valence-corrected chi connectivity index (χ1v) is 5.78. The van der Waals surface area contributed by atoms with Crippen molar-refractivity contribution in [2.45, 2.75) is 20.0 Å². The molecule has 1 aromatic rings. The zero-order valence-electron chi connectivity index (χ0n) is 10.5. The highest BCUT2D eigenvalue weighted by Gasteiger charge is 2.17. The van der Waals surface area contributed by atoms with Gasteiger partial charge < -0.3 is 15.2 Å². The van der Waals surface area contributed by atoms with Gasteiger partial charge in [0.05, 0.1) is 13.1 Å². The molecule has 0 amide bonds. The van der Waals surface area contributed by atoms with Crippen molar-refractivity contribution in [3.63, 3.8) is 0 Å². The smallest absolute Gasteiger partial charge is 0.240 e. The Labute approximate surface area is 120 Å². The van der Waals surface area contributed by atoms with Crippen molar-refractivity contribution in [3.8, 4) is 0 Å². The Morgan fingerprint density at radius 2 is 1.78 bits per heavy atom. The Bertz CT molecular complexity index is 328. The van der Waals surface area contributed by atoms with E-state index in [4.69, 9.17) is 10.3 Å². The summed E-state index contributed by atoms with van der Waals surface area (Å²) in [6.45, 7) is 8.80. The summed E-state index contributed by atoms with van der Waals surface area (Å²) in [6.07, 6.45) is 0. The van der Waals surface area contributed by atoms with Crippen LogP contribution in [-0.2, 0) is 13.1 Å². The van der Waals surface area contributed by atoms with Crippen LogP contribution in [0.3, 0.4) is 0 Å². The fraction of sp³-hybridized carbons (Fsp3) is 0.800. The summed E-state index contributed by atoms with van der Waals surface area (Å²) in [7, 11) is 0. The maximum atomic E-state index is 5.42. The van der Waals surface area contributed by atoms with Crippen molar-refractivity contribution < 1.29 is 4.52 Å². The minimum atomic E-state index is 0. The summed E-state index contributed by atoms with van der Waals surface area (Å²) in [4.78, 5) is 8.99. The lowest BCUT2D eigenvalue weighted by molar-refractivity contribution is 0.128. The van der Waals surface area contributed by atoms with E-state index in [0.717, 1.165) is 45.1 Å². The van der Waals surface area contributed by atoms with E-state index >= 15 is 0 Å². The Hall–Kier alpha value is -0.400. The monoisotopic (exact) mass is 297 g/mol. The van der Waals surface area contributed by atoms with Crippen molar-refractivity contribution in [3.05, 3.63) is 11.7 Å². The molecule has 1 aliphatic rings. The van der Waals surface area contributed by atoms with Gasteiger partial charge in [-0.1, -0.05) is 12.1 Å². The van der Waals surface area contributed by atoms with Crippen LogP contribution in [0.1, 0.15) is 18.6 Å². The molecule has 2 N–H and O–H groups in total. The van der Waals surface area contributed by atoms with Crippen molar-refractivity contribution in [1.82, 2.24) is 19.9 Å². The zero-order valence-corrected chi connectivity index (χ0v) is 12.2. The second-order valence-corrected chi connectivity index (χ2v) is 4.02. The highest BCUT2D eigenvalue weighted by Crippen LogP contribution is 2.06. The SMILES string of the molecule is CCN1CCN(Cc2noc(CN)n2)CC1.Cl.Cl. The molecular weight excluding hydrogens is 277 g/mol. The van der Waals surface area contributed by atoms with Crippen LogP contribution in [0.2, 0.25) is 0 Å². The van der Waals surface area contributed by atoms with E-state index in [1.807, 2.05) is 0 Å². The lowest BCUT2D eigenvalue weighted by atomic mass is 10.3.